The molecule has 0 amide bonds. The monoisotopic (exact) mass is 260 g/mol. The third kappa shape index (κ3) is 4.45. The van der Waals surface area contributed by atoms with Gasteiger partial charge in [0.25, 0.3) is 10.2 Å². The summed E-state index contributed by atoms with van der Waals surface area (Å²) in [4.78, 5) is 7.05. The summed E-state index contributed by atoms with van der Waals surface area (Å²) in [5.41, 5.74) is 0. The van der Waals surface area contributed by atoms with E-state index in [2.05, 4.69) is 14.7 Å². The second-order valence-electron chi connectivity index (χ2n) is 4.15. The van der Waals surface area contributed by atoms with Gasteiger partial charge in [-0.2, -0.15) is 12.7 Å². The van der Waals surface area contributed by atoms with E-state index in [0.29, 0.717) is 6.54 Å². The van der Waals surface area contributed by atoms with Crippen molar-refractivity contribution in [3.8, 4) is 0 Å². The van der Waals surface area contributed by atoms with E-state index < -0.39 is 10.2 Å². The smallest absolute Gasteiger partial charge is 0.279 e. The maximum atomic E-state index is 11.7. The van der Waals surface area contributed by atoms with Crippen LogP contribution in [-0.4, -0.2) is 42.3 Å². The SMILES string of the molecule is CC(C)N(C)S(=O)(=O)NCCCc1ncc[nH]1. The zero-order valence-corrected chi connectivity index (χ0v) is 11.3. The van der Waals surface area contributed by atoms with E-state index in [-0.39, 0.29) is 6.04 Å². The minimum absolute atomic E-state index is 0.0439. The molecule has 0 aliphatic heterocycles. The molecule has 1 aromatic heterocycles. The number of H-pyrrole nitrogens is 1. The van der Waals surface area contributed by atoms with Crippen LogP contribution in [0.3, 0.4) is 0 Å². The first-order valence-corrected chi connectivity index (χ1v) is 7.08. The summed E-state index contributed by atoms with van der Waals surface area (Å²) in [6.07, 6.45) is 4.90. The average Bonchev–Trinajstić information content (AvgIpc) is 2.76. The third-order valence-corrected chi connectivity index (χ3v) is 4.28. The fourth-order valence-corrected chi connectivity index (χ4v) is 2.43. The summed E-state index contributed by atoms with van der Waals surface area (Å²) in [6.45, 7) is 4.09. The van der Waals surface area contributed by atoms with Gasteiger partial charge in [-0.05, 0) is 20.3 Å². The lowest BCUT2D eigenvalue weighted by atomic mass is 10.3. The van der Waals surface area contributed by atoms with Gasteiger partial charge in [0.2, 0.25) is 0 Å². The van der Waals surface area contributed by atoms with Crippen LogP contribution in [-0.2, 0) is 16.6 Å². The van der Waals surface area contributed by atoms with Crippen LogP contribution in [0.5, 0.6) is 0 Å². The number of nitrogens with one attached hydrogen (secondary N) is 2. The van der Waals surface area contributed by atoms with Gasteiger partial charge in [0.1, 0.15) is 5.82 Å². The molecule has 0 bridgehead atoms. The minimum Gasteiger partial charge on any atom is -0.349 e. The Morgan fingerprint density at radius 2 is 2.24 bits per heavy atom. The Morgan fingerprint density at radius 1 is 1.53 bits per heavy atom. The number of imidazole rings is 1. The number of nitrogens with zero attached hydrogens (tertiary/aromatic N) is 2. The summed E-state index contributed by atoms with van der Waals surface area (Å²) in [7, 11) is -1.78. The van der Waals surface area contributed by atoms with Crippen molar-refractivity contribution < 1.29 is 8.42 Å². The maximum absolute atomic E-state index is 11.7. The zero-order chi connectivity index (χ0) is 12.9. The molecule has 0 aliphatic rings. The molecule has 6 nitrogen and oxygen atoms in total. The summed E-state index contributed by atoms with van der Waals surface area (Å²) in [5, 5.41) is 0. The Bertz CT molecular complexity index is 414. The summed E-state index contributed by atoms with van der Waals surface area (Å²) in [6, 6.07) is -0.0439. The summed E-state index contributed by atoms with van der Waals surface area (Å²) < 4.78 is 27.3. The van der Waals surface area contributed by atoms with Crippen molar-refractivity contribution in [3.63, 3.8) is 0 Å². The molecule has 0 saturated carbocycles. The largest absolute Gasteiger partial charge is 0.349 e. The number of rotatable bonds is 7. The van der Waals surface area contributed by atoms with Gasteiger partial charge in [0.15, 0.2) is 0 Å². The normalized spacial score (nSPS) is 12.5. The standard InChI is InChI=1S/C10H20N4O2S/c1-9(2)14(3)17(15,16)13-6-4-5-10-11-7-8-12-10/h7-9,13H,4-6H2,1-3H3,(H,11,12). The molecule has 1 aromatic rings. The van der Waals surface area contributed by atoms with Crippen molar-refractivity contribution in [2.24, 2.45) is 0 Å². The summed E-state index contributed by atoms with van der Waals surface area (Å²) >= 11 is 0. The molecule has 0 atom stereocenters. The first kappa shape index (κ1) is 14.1. The maximum Gasteiger partial charge on any atom is 0.279 e. The van der Waals surface area contributed by atoms with Gasteiger partial charge in [0, 0.05) is 38.4 Å². The molecule has 1 heterocycles. The zero-order valence-electron chi connectivity index (χ0n) is 10.5. The molecule has 1 rings (SSSR count). The predicted octanol–water partition coefficient (Wildman–Crippen LogP) is 0.517. The molecule has 0 unspecified atom stereocenters. The van der Waals surface area contributed by atoms with E-state index in [1.807, 2.05) is 13.8 Å². The van der Waals surface area contributed by atoms with Crippen molar-refractivity contribution in [2.75, 3.05) is 13.6 Å². The molecule has 0 aliphatic carbocycles. The third-order valence-electron chi connectivity index (χ3n) is 2.54. The van der Waals surface area contributed by atoms with Crippen molar-refractivity contribution in [1.82, 2.24) is 19.0 Å². The van der Waals surface area contributed by atoms with Crippen LogP contribution in [0.4, 0.5) is 0 Å². The molecular weight excluding hydrogens is 240 g/mol. The molecule has 0 fully saturated rings. The lowest BCUT2D eigenvalue weighted by Gasteiger charge is -2.21. The molecule has 0 saturated heterocycles. The topological polar surface area (TPSA) is 78.1 Å². The van der Waals surface area contributed by atoms with Gasteiger partial charge in [-0.25, -0.2) is 9.71 Å². The van der Waals surface area contributed by atoms with E-state index in [1.54, 1.807) is 19.4 Å². The lowest BCUT2D eigenvalue weighted by Crippen LogP contribution is -2.42. The Balaban J connectivity index is 2.31. The molecule has 2 N–H and O–H groups in total. The van der Waals surface area contributed by atoms with Crippen LogP contribution in [0, 0.1) is 0 Å². The number of hydrogen-bond donors (Lipinski definition) is 2. The van der Waals surface area contributed by atoms with Crippen molar-refractivity contribution in [1.29, 1.82) is 0 Å². The highest BCUT2D eigenvalue weighted by Gasteiger charge is 2.19. The van der Waals surface area contributed by atoms with Gasteiger partial charge >= 0.3 is 0 Å². The Kier molecular flexibility index (Phi) is 5.10. The van der Waals surface area contributed by atoms with Crippen molar-refractivity contribution >= 4 is 10.2 Å². The molecule has 98 valence electrons. The molecule has 7 heteroatoms. The highest BCUT2D eigenvalue weighted by molar-refractivity contribution is 7.87. The van der Waals surface area contributed by atoms with Gasteiger partial charge < -0.3 is 4.98 Å². The van der Waals surface area contributed by atoms with Crippen LogP contribution in [0.1, 0.15) is 26.1 Å². The van der Waals surface area contributed by atoms with Gasteiger partial charge in [-0.1, -0.05) is 0 Å². The lowest BCUT2D eigenvalue weighted by molar-refractivity contribution is 0.402. The fourth-order valence-electron chi connectivity index (χ4n) is 1.27. The van der Waals surface area contributed by atoms with Crippen LogP contribution in [0.15, 0.2) is 12.4 Å². The molecule has 17 heavy (non-hydrogen) atoms. The first-order valence-electron chi connectivity index (χ1n) is 5.64. The first-order chi connectivity index (χ1) is 7.93. The highest BCUT2D eigenvalue weighted by atomic mass is 32.2. The second-order valence-corrected chi connectivity index (χ2v) is 5.96. The van der Waals surface area contributed by atoms with Crippen molar-refractivity contribution in [3.05, 3.63) is 18.2 Å². The molecule has 0 aromatic carbocycles. The minimum atomic E-state index is -3.35. The number of aryl methyl sites for hydroxylation is 1. The van der Waals surface area contributed by atoms with E-state index in [9.17, 15) is 8.42 Å². The Hall–Kier alpha value is -0.920. The van der Waals surface area contributed by atoms with E-state index in [0.717, 1.165) is 18.7 Å². The second kappa shape index (κ2) is 6.13. The van der Waals surface area contributed by atoms with Crippen LogP contribution >= 0.6 is 0 Å². The molecule has 0 radical (unpaired) electrons. The van der Waals surface area contributed by atoms with Crippen LogP contribution < -0.4 is 4.72 Å². The van der Waals surface area contributed by atoms with Gasteiger partial charge in [-0.15, -0.1) is 0 Å². The quantitative estimate of drug-likeness (QED) is 0.701. The Morgan fingerprint density at radius 3 is 2.76 bits per heavy atom. The number of aromatic amines is 1. The number of hydrogen-bond acceptors (Lipinski definition) is 3. The average molecular weight is 260 g/mol. The molecule has 0 spiro atoms. The highest BCUT2D eigenvalue weighted by Crippen LogP contribution is 2.01. The molecular formula is C10H20N4O2S. The van der Waals surface area contributed by atoms with Crippen LogP contribution in [0.2, 0.25) is 0 Å². The fraction of sp³-hybridized carbons (Fsp3) is 0.700. The van der Waals surface area contributed by atoms with Crippen LogP contribution in [0.25, 0.3) is 0 Å². The predicted molar refractivity (Wildman–Crippen MR) is 66.7 cm³/mol. The summed E-state index contributed by atoms with van der Waals surface area (Å²) in [5.74, 6) is 0.876. The van der Waals surface area contributed by atoms with Gasteiger partial charge in [0.05, 0.1) is 0 Å². The Labute approximate surface area is 103 Å². The van der Waals surface area contributed by atoms with E-state index >= 15 is 0 Å². The van der Waals surface area contributed by atoms with Crippen molar-refractivity contribution in [2.45, 2.75) is 32.7 Å². The van der Waals surface area contributed by atoms with E-state index in [4.69, 9.17) is 0 Å². The van der Waals surface area contributed by atoms with Gasteiger partial charge in [-0.3, -0.25) is 0 Å². The van der Waals surface area contributed by atoms with E-state index in [1.165, 1.54) is 4.31 Å². The number of aromatic nitrogens is 2.